The Morgan fingerprint density at radius 1 is 1.04 bits per heavy atom. The van der Waals surface area contributed by atoms with Gasteiger partial charge in [-0.1, -0.05) is 11.6 Å². The van der Waals surface area contributed by atoms with Gasteiger partial charge in [0, 0.05) is 23.9 Å². The summed E-state index contributed by atoms with van der Waals surface area (Å²) in [5, 5.41) is 5.84. The summed E-state index contributed by atoms with van der Waals surface area (Å²) in [6.07, 6.45) is 0. The summed E-state index contributed by atoms with van der Waals surface area (Å²) in [6, 6.07) is 11.7. The van der Waals surface area contributed by atoms with E-state index in [-0.39, 0.29) is 11.8 Å². The minimum Gasteiger partial charge on any atom is -0.492 e. The van der Waals surface area contributed by atoms with Gasteiger partial charge in [0.15, 0.2) is 0 Å². The molecule has 2 amide bonds. The number of carbonyl (C=O) groups excluding carboxylic acids is 2. The minimum atomic E-state index is -0.264. The number of benzene rings is 2. The van der Waals surface area contributed by atoms with Crippen LogP contribution in [0.5, 0.6) is 5.75 Å². The van der Waals surface area contributed by atoms with E-state index in [0.29, 0.717) is 34.3 Å². The Labute approximate surface area is 139 Å². The van der Waals surface area contributed by atoms with Crippen LogP contribution >= 0.6 is 11.6 Å². The van der Waals surface area contributed by atoms with Crippen LogP contribution in [0.4, 0.5) is 11.4 Å². The average molecular weight is 333 g/mol. The van der Waals surface area contributed by atoms with E-state index in [9.17, 15) is 9.59 Å². The first-order valence-corrected chi connectivity index (χ1v) is 7.48. The summed E-state index contributed by atoms with van der Waals surface area (Å²) in [7, 11) is 0. The van der Waals surface area contributed by atoms with Crippen LogP contribution in [0, 0.1) is 0 Å². The summed E-state index contributed by atoms with van der Waals surface area (Å²) in [4.78, 5) is 23.2. The molecule has 0 fully saturated rings. The van der Waals surface area contributed by atoms with Gasteiger partial charge >= 0.3 is 0 Å². The monoisotopic (exact) mass is 332 g/mol. The Balaban J connectivity index is 2.06. The highest BCUT2D eigenvalue weighted by molar-refractivity contribution is 6.32. The van der Waals surface area contributed by atoms with Crippen molar-refractivity contribution in [3.8, 4) is 5.75 Å². The highest BCUT2D eigenvalue weighted by Gasteiger charge is 2.08. The number of rotatable bonds is 5. The van der Waals surface area contributed by atoms with Gasteiger partial charge in [-0.15, -0.1) is 0 Å². The third-order valence-electron chi connectivity index (χ3n) is 2.96. The summed E-state index contributed by atoms with van der Waals surface area (Å²) < 4.78 is 5.35. The topological polar surface area (TPSA) is 67.4 Å². The number of halogens is 1. The third kappa shape index (κ3) is 4.72. The maximum Gasteiger partial charge on any atom is 0.255 e. The molecule has 5 nitrogen and oxygen atoms in total. The van der Waals surface area contributed by atoms with Gasteiger partial charge in [-0.3, -0.25) is 9.59 Å². The first kappa shape index (κ1) is 16.8. The molecule has 0 saturated heterocycles. The molecule has 0 aromatic heterocycles. The quantitative estimate of drug-likeness (QED) is 0.871. The highest BCUT2D eigenvalue weighted by Crippen LogP contribution is 2.27. The molecule has 0 unspecified atom stereocenters. The van der Waals surface area contributed by atoms with Gasteiger partial charge in [-0.25, -0.2) is 0 Å². The molecule has 2 N–H and O–H groups in total. The SMILES string of the molecule is CCOc1ccc(NC(=O)c2ccc(NC(C)=O)cc2)cc1Cl. The van der Waals surface area contributed by atoms with Crippen LogP contribution < -0.4 is 15.4 Å². The van der Waals surface area contributed by atoms with E-state index in [0.717, 1.165) is 0 Å². The lowest BCUT2D eigenvalue weighted by molar-refractivity contribution is -0.114. The molecule has 0 radical (unpaired) electrons. The molecule has 23 heavy (non-hydrogen) atoms. The van der Waals surface area contributed by atoms with Crippen molar-refractivity contribution in [1.29, 1.82) is 0 Å². The molecule has 6 heteroatoms. The van der Waals surface area contributed by atoms with Gasteiger partial charge in [-0.05, 0) is 49.4 Å². The molecule has 0 spiro atoms. The summed E-state index contributed by atoms with van der Waals surface area (Å²) in [5.74, 6) is 0.151. The number of carbonyl (C=O) groups is 2. The van der Waals surface area contributed by atoms with Gasteiger partial charge in [0.2, 0.25) is 5.91 Å². The standard InChI is InChI=1S/C17H17ClN2O3/c1-3-23-16-9-8-14(10-15(16)18)20-17(22)12-4-6-13(7-5-12)19-11(2)21/h4-10H,3H2,1-2H3,(H,19,21)(H,20,22). The Morgan fingerprint density at radius 2 is 1.70 bits per heavy atom. The van der Waals surface area contributed by atoms with Crippen LogP contribution in [-0.2, 0) is 4.79 Å². The predicted octanol–water partition coefficient (Wildman–Crippen LogP) is 3.95. The molecule has 0 atom stereocenters. The summed E-state index contributed by atoms with van der Waals surface area (Å²) in [6.45, 7) is 3.82. The lowest BCUT2D eigenvalue weighted by Crippen LogP contribution is -2.12. The van der Waals surface area contributed by atoms with Crippen molar-refractivity contribution in [2.24, 2.45) is 0 Å². The van der Waals surface area contributed by atoms with Crippen molar-refractivity contribution in [2.75, 3.05) is 17.2 Å². The zero-order valence-electron chi connectivity index (χ0n) is 12.9. The predicted molar refractivity (Wildman–Crippen MR) is 91.3 cm³/mol. The van der Waals surface area contributed by atoms with Crippen molar-refractivity contribution in [3.63, 3.8) is 0 Å². The number of anilines is 2. The first-order chi connectivity index (χ1) is 11.0. The number of hydrogen-bond donors (Lipinski definition) is 2. The Bertz CT molecular complexity index is 714. The molecular weight excluding hydrogens is 316 g/mol. The van der Waals surface area contributed by atoms with Gasteiger partial charge in [-0.2, -0.15) is 0 Å². The maximum atomic E-state index is 12.2. The van der Waals surface area contributed by atoms with Crippen LogP contribution in [0.15, 0.2) is 42.5 Å². The van der Waals surface area contributed by atoms with Crippen LogP contribution in [0.3, 0.4) is 0 Å². The number of ether oxygens (including phenoxy) is 1. The molecule has 0 saturated carbocycles. The van der Waals surface area contributed by atoms with Gasteiger partial charge in [0.25, 0.3) is 5.91 Å². The molecule has 2 aromatic carbocycles. The molecule has 0 aliphatic rings. The van der Waals surface area contributed by atoms with Crippen LogP contribution in [0.25, 0.3) is 0 Å². The zero-order chi connectivity index (χ0) is 16.8. The maximum absolute atomic E-state index is 12.2. The van der Waals surface area contributed by atoms with E-state index < -0.39 is 0 Å². The molecule has 120 valence electrons. The minimum absolute atomic E-state index is 0.161. The smallest absolute Gasteiger partial charge is 0.255 e. The fourth-order valence-corrected chi connectivity index (χ4v) is 2.20. The summed E-state index contributed by atoms with van der Waals surface area (Å²) in [5.41, 5.74) is 1.69. The molecule has 0 heterocycles. The van der Waals surface area contributed by atoms with E-state index in [1.165, 1.54) is 6.92 Å². The van der Waals surface area contributed by atoms with Crippen molar-refractivity contribution < 1.29 is 14.3 Å². The third-order valence-corrected chi connectivity index (χ3v) is 3.25. The fraction of sp³-hybridized carbons (Fsp3) is 0.176. The lowest BCUT2D eigenvalue weighted by atomic mass is 10.2. The van der Waals surface area contributed by atoms with E-state index in [1.54, 1.807) is 42.5 Å². The largest absolute Gasteiger partial charge is 0.492 e. The van der Waals surface area contributed by atoms with E-state index in [4.69, 9.17) is 16.3 Å². The van der Waals surface area contributed by atoms with Gasteiger partial charge < -0.3 is 15.4 Å². The normalized spacial score (nSPS) is 10.0. The lowest BCUT2D eigenvalue weighted by Gasteiger charge is -2.09. The van der Waals surface area contributed by atoms with Gasteiger partial charge in [0.1, 0.15) is 5.75 Å². The van der Waals surface area contributed by atoms with Crippen LogP contribution in [0.2, 0.25) is 5.02 Å². The first-order valence-electron chi connectivity index (χ1n) is 7.11. The van der Waals surface area contributed by atoms with E-state index >= 15 is 0 Å². The number of amides is 2. The Hall–Kier alpha value is -2.53. The van der Waals surface area contributed by atoms with Crippen molar-refractivity contribution in [3.05, 3.63) is 53.1 Å². The molecule has 0 bridgehead atoms. The zero-order valence-corrected chi connectivity index (χ0v) is 13.6. The molecule has 0 aliphatic carbocycles. The number of nitrogens with one attached hydrogen (secondary N) is 2. The molecule has 2 rings (SSSR count). The number of hydrogen-bond acceptors (Lipinski definition) is 3. The van der Waals surface area contributed by atoms with Crippen molar-refractivity contribution in [2.45, 2.75) is 13.8 Å². The summed E-state index contributed by atoms with van der Waals surface area (Å²) >= 11 is 6.09. The van der Waals surface area contributed by atoms with Gasteiger partial charge in [0.05, 0.1) is 11.6 Å². The highest BCUT2D eigenvalue weighted by atomic mass is 35.5. The fourth-order valence-electron chi connectivity index (χ4n) is 1.96. The second-order valence-electron chi connectivity index (χ2n) is 4.79. The van der Waals surface area contributed by atoms with Crippen molar-refractivity contribution in [1.82, 2.24) is 0 Å². The second-order valence-corrected chi connectivity index (χ2v) is 5.20. The van der Waals surface area contributed by atoms with Crippen molar-refractivity contribution >= 4 is 34.8 Å². The molecule has 2 aromatic rings. The van der Waals surface area contributed by atoms with E-state index in [2.05, 4.69) is 10.6 Å². The average Bonchev–Trinajstić information content (AvgIpc) is 2.50. The Morgan fingerprint density at radius 3 is 2.26 bits per heavy atom. The molecular formula is C17H17ClN2O3. The Kier molecular flexibility index (Phi) is 5.60. The van der Waals surface area contributed by atoms with E-state index in [1.807, 2.05) is 6.92 Å². The molecule has 0 aliphatic heterocycles. The van der Waals surface area contributed by atoms with Crippen LogP contribution in [-0.4, -0.2) is 18.4 Å². The van der Waals surface area contributed by atoms with Crippen LogP contribution in [0.1, 0.15) is 24.2 Å². The second kappa shape index (κ2) is 7.65.